The first kappa shape index (κ1) is 12.1. The Morgan fingerprint density at radius 2 is 2.18 bits per heavy atom. The number of nitrogens with zero attached hydrogens (tertiary/aromatic N) is 1. The predicted octanol–water partition coefficient (Wildman–Crippen LogP) is 1.99. The number of aliphatic carboxylic acids is 1. The first-order valence-corrected chi connectivity index (χ1v) is 6.42. The summed E-state index contributed by atoms with van der Waals surface area (Å²) in [6.07, 6.45) is 0.757. The van der Waals surface area contributed by atoms with Gasteiger partial charge in [-0.15, -0.1) is 11.3 Å². The van der Waals surface area contributed by atoms with E-state index < -0.39 is 12.0 Å². The molecule has 0 radical (unpaired) electrons. The number of carbonyl (C=O) groups is 2. The number of carboxylic acid groups (broad SMARTS) is 1. The molecule has 5 heteroatoms. The van der Waals surface area contributed by atoms with E-state index in [4.69, 9.17) is 5.11 Å². The molecule has 1 aliphatic heterocycles. The number of likely N-dealkylation sites (tertiary alicyclic amines) is 1. The Morgan fingerprint density at radius 3 is 2.71 bits per heavy atom. The second kappa shape index (κ2) is 4.49. The van der Waals surface area contributed by atoms with Gasteiger partial charge in [0.15, 0.2) is 0 Å². The van der Waals surface area contributed by atoms with Gasteiger partial charge in [0, 0.05) is 11.4 Å². The quantitative estimate of drug-likeness (QED) is 0.877. The molecule has 1 amide bonds. The zero-order chi connectivity index (χ0) is 12.6. The van der Waals surface area contributed by atoms with Crippen molar-refractivity contribution in [1.82, 2.24) is 4.90 Å². The number of carbonyl (C=O) groups excluding carboxylic acids is 1. The molecule has 17 heavy (non-hydrogen) atoms. The highest BCUT2D eigenvalue weighted by atomic mass is 32.1. The van der Waals surface area contributed by atoms with Gasteiger partial charge in [-0.3, -0.25) is 4.79 Å². The van der Waals surface area contributed by atoms with Crippen LogP contribution in [0, 0.1) is 12.8 Å². The van der Waals surface area contributed by atoms with Crippen LogP contribution in [0.15, 0.2) is 12.1 Å². The van der Waals surface area contributed by atoms with Crippen molar-refractivity contribution in [2.45, 2.75) is 26.3 Å². The Balaban J connectivity index is 2.22. The van der Waals surface area contributed by atoms with Gasteiger partial charge < -0.3 is 10.0 Å². The van der Waals surface area contributed by atoms with E-state index in [1.54, 1.807) is 6.07 Å². The average Bonchev–Trinajstić information content (AvgIpc) is 2.83. The second-order valence-electron chi connectivity index (χ2n) is 4.46. The van der Waals surface area contributed by atoms with E-state index in [0.717, 1.165) is 11.3 Å². The molecule has 2 rings (SSSR count). The lowest BCUT2D eigenvalue weighted by Gasteiger charge is -2.22. The van der Waals surface area contributed by atoms with Crippen molar-refractivity contribution in [3.63, 3.8) is 0 Å². The molecule has 2 unspecified atom stereocenters. The Labute approximate surface area is 104 Å². The van der Waals surface area contributed by atoms with E-state index >= 15 is 0 Å². The Bertz CT molecular complexity index is 454. The predicted molar refractivity (Wildman–Crippen MR) is 65.3 cm³/mol. The SMILES string of the molecule is Cc1ccc(C(=O)N2CCC(C)C2C(=O)O)s1. The van der Waals surface area contributed by atoms with E-state index in [2.05, 4.69) is 0 Å². The third-order valence-corrected chi connectivity index (χ3v) is 4.15. The standard InChI is InChI=1S/C12H15NO3S/c1-7-5-6-13(10(7)12(15)16)11(14)9-4-3-8(2)17-9/h3-4,7,10H,5-6H2,1-2H3,(H,15,16). The van der Waals surface area contributed by atoms with Crippen LogP contribution in [0.25, 0.3) is 0 Å². The highest BCUT2D eigenvalue weighted by Gasteiger charge is 2.39. The fraction of sp³-hybridized carbons (Fsp3) is 0.500. The minimum Gasteiger partial charge on any atom is -0.480 e. The molecule has 2 heterocycles. The fourth-order valence-corrected chi connectivity index (χ4v) is 3.07. The Kier molecular flexibility index (Phi) is 3.19. The van der Waals surface area contributed by atoms with Crippen LogP contribution >= 0.6 is 11.3 Å². The lowest BCUT2D eigenvalue weighted by Crippen LogP contribution is -2.42. The maximum absolute atomic E-state index is 12.2. The number of carboxylic acids is 1. The second-order valence-corrected chi connectivity index (χ2v) is 5.75. The number of aryl methyl sites for hydroxylation is 1. The van der Waals surface area contributed by atoms with E-state index in [9.17, 15) is 9.59 Å². The highest BCUT2D eigenvalue weighted by molar-refractivity contribution is 7.13. The van der Waals surface area contributed by atoms with Gasteiger partial charge >= 0.3 is 5.97 Å². The maximum atomic E-state index is 12.2. The molecule has 1 fully saturated rings. The van der Waals surface area contributed by atoms with Gasteiger partial charge in [0.25, 0.3) is 5.91 Å². The molecule has 0 spiro atoms. The van der Waals surface area contributed by atoms with Gasteiger partial charge in [-0.2, -0.15) is 0 Å². The van der Waals surface area contributed by atoms with Crippen molar-refractivity contribution >= 4 is 23.2 Å². The molecular weight excluding hydrogens is 238 g/mol. The van der Waals surface area contributed by atoms with E-state index in [-0.39, 0.29) is 11.8 Å². The highest BCUT2D eigenvalue weighted by Crippen LogP contribution is 2.27. The van der Waals surface area contributed by atoms with Crippen molar-refractivity contribution < 1.29 is 14.7 Å². The van der Waals surface area contributed by atoms with Crippen LogP contribution < -0.4 is 0 Å². The maximum Gasteiger partial charge on any atom is 0.326 e. The summed E-state index contributed by atoms with van der Waals surface area (Å²) in [6, 6.07) is 2.97. The molecule has 92 valence electrons. The molecule has 0 saturated carbocycles. The van der Waals surface area contributed by atoms with Crippen LogP contribution in [0.5, 0.6) is 0 Å². The Hall–Kier alpha value is -1.36. The number of hydrogen-bond acceptors (Lipinski definition) is 3. The minimum absolute atomic E-state index is 0.0255. The minimum atomic E-state index is -0.906. The van der Waals surface area contributed by atoms with Gasteiger partial charge in [-0.05, 0) is 31.4 Å². The third kappa shape index (κ3) is 2.20. The van der Waals surface area contributed by atoms with Gasteiger partial charge in [-0.1, -0.05) is 6.92 Å². The van der Waals surface area contributed by atoms with Crippen molar-refractivity contribution in [3.05, 3.63) is 21.9 Å². The molecule has 2 atom stereocenters. The average molecular weight is 253 g/mol. The lowest BCUT2D eigenvalue weighted by atomic mass is 10.0. The van der Waals surface area contributed by atoms with Crippen LogP contribution in [0.4, 0.5) is 0 Å². The topological polar surface area (TPSA) is 57.6 Å². The van der Waals surface area contributed by atoms with Crippen LogP contribution in [0.3, 0.4) is 0 Å². The van der Waals surface area contributed by atoms with Crippen molar-refractivity contribution in [1.29, 1.82) is 0 Å². The zero-order valence-corrected chi connectivity index (χ0v) is 10.7. The van der Waals surface area contributed by atoms with Crippen molar-refractivity contribution in [2.75, 3.05) is 6.54 Å². The number of hydrogen-bond donors (Lipinski definition) is 1. The lowest BCUT2D eigenvalue weighted by molar-refractivity contribution is -0.142. The molecule has 0 aromatic carbocycles. The first-order valence-electron chi connectivity index (χ1n) is 5.61. The number of thiophene rings is 1. The smallest absolute Gasteiger partial charge is 0.326 e. The summed E-state index contributed by atoms with van der Waals surface area (Å²) in [4.78, 5) is 26.5. The summed E-state index contributed by atoms with van der Waals surface area (Å²) >= 11 is 1.41. The summed E-state index contributed by atoms with van der Waals surface area (Å²) in [5.74, 6) is -1.03. The monoisotopic (exact) mass is 253 g/mol. The van der Waals surface area contributed by atoms with Crippen LogP contribution in [0.2, 0.25) is 0 Å². The summed E-state index contributed by atoms with van der Waals surface area (Å²) in [6.45, 7) is 4.35. The number of rotatable bonds is 2. The zero-order valence-electron chi connectivity index (χ0n) is 9.84. The van der Waals surface area contributed by atoms with Gasteiger partial charge in [0.2, 0.25) is 0 Å². The molecule has 0 bridgehead atoms. The largest absolute Gasteiger partial charge is 0.480 e. The molecule has 0 aliphatic carbocycles. The van der Waals surface area contributed by atoms with E-state index in [1.165, 1.54) is 16.2 Å². The summed E-state index contributed by atoms with van der Waals surface area (Å²) in [5.41, 5.74) is 0. The summed E-state index contributed by atoms with van der Waals surface area (Å²) in [7, 11) is 0. The van der Waals surface area contributed by atoms with E-state index in [1.807, 2.05) is 19.9 Å². The van der Waals surface area contributed by atoms with Gasteiger partial charge in [0.05, 0.1) is 4.88 Å². The number of amides is 1. The Morgan fingerprint density at radius 1 is 1.47 bits per heavy atom. The van der Waals surface area contributed by atoms with Gasteiger partial charge in [0.1, 0.15) is 6.04 Å². The summed E-state index contributed by atoms with van der Waals surface area (Å²) in [5, 5.41) is 9.16. The first-order chi connectivity index (χ1) is 8.00. The molecular formula is C12H15NO3S. The molecule has 1 aromatic heterocycles. The third-order valence-electron chi connectivity index (χ3n) is 3.17. The molecule has 4 nitrogen and oxygen atoms in total. The van der Waals surface area contributed by atoms with Crippen molar-refractivity contribution in [3.8, 4) is 0 Å². The van der Waals surface area contributed by atoms with E-state index in [0.29, 0.717) is 11.4 Å². The van der Waals surface area contributed by atoms with Gasteiger partial charge in [-0.25, -0.2) is 4.79 Å². The van der Waals surface area contributed by atoms with Crippen LogP contribution in [0.1, 0.15) is 27.9 Å². The van der Waals surface area contributed by atoms with Crippen LogP contribution in [-0.2, 0) is 4.79 Å². The van der Waals surface area contributed by atoms with Crippen molar-refractivity contribution in [2.24, 2.45) is 5.92 Å². The molecule has 1 N–H and O–H groups in total. The molecule has 1 saturated heterocycles. The van der Waals surface area contributed by atoms with Crippen LogP contribution in [-0.4, -0.2) is 34.5 Å². The molecule has 1 aliphatic rings. The molecule has 1 aromatic rings. The summed E-state index contributed by atoms with van der Waals surface area (Å²) < 4.78 is 0. The fourth-order valence-electron chi connectivity index (χ4n) is 2.24. The normalized spacial score (nSPS) is 24.0.